The number of Topliss-reactive ketones (excluding diaryl/α,β-unsaturated/α-hetero) is 1. The largest absolute Gasteiger partial charge is 0.444 e. The number of nitrogens with one attached hydrogen (secondary N) is 1. The summed E-state index contributed by atoms with van der Waals surface area (Å²) in [6.07, 6.45) is 2.70. The van der Waals surface area contributed by atoms with Crippen molar-refractivity contribution in [3.63, 3.8) is 0 Å². The molecule has 0 radical (unpaired) electrons. The van der Waals surface area contributed by atoms with Gasteiger partial charge in [-0.15, -0.1) is 0 Å². The SMILES string of the molecule is C[C@H](NC(=O)OC(C)(C)C)C(=O)CCCCc1ccccc1. The fraction of sp³-hybridized carbons (Fsp3) is 0.556. The van der Waals surface area contributed by atoms with Crippen molar-refractivity contribution in [3.8, 4) is 0 Å². The molecule has 4 heteroatoms. The van der Waals surface area contributed by atoms with Crippen molar-refractivity contribution < 1.29 is 14.3 Å². The minimum atomic E-state index is -0.553. The van der Waals surface area contributed by atoms with Gasteiger partial charge in [0.15, 0.2) is 5.78 Å². The van der Waals surface area contributed by atoms with Crippen LogP contribution in [0.25, 0.3) is 0 Å². The van der Waals surface area contributed by atoms with Crippen LogP contribution in [0.1, 0.15) is 52.5 Å². The van der Waals surface area contributed by atoms with Gasteiger partial charge in [-0.1, -0.05) is 30.3 Å². The molecule has 1 aromatic rings. The second-order valence-electron chi connectivity index (χ2n) is 6.53. The van der Waals surface area contributed by atoms with Gasteiger partial charge in [-0.25, -0.2) is 4.79 Å². The lowest BCUT2D eigenvalue weighted by Crippen LogP contribution is -2.41. The minimum absolute atomic E-state index is 0.0407. The third-order valence-electron chi connectivity index (χ3n) is 3.20. The van der Waals surface area contributed by atoms with E-state index in [-0.39, 0.29) is 5.78 Å². The lowest BCUT2D eigenvalue weighted by molar-refractivity contribution is -0.120. The lowest BCUT2D eigenvalue weighted by atomic mass is 10.0. The summed E-state index contributed by atoms with van der Waals surface area (Å²) in [5.41, 5.74) is 0.734. The number of benzene rings is 1. The van der Waals surface area contributed by atoms with Crippen LogP contribution in [-0.4, -0.2) is 23.5 Å². The molecule has 0 heterocycles. The molecule has 1 amide bonds. The maximum atomic E-state index is 12.0. The average Bonchev–Trinajstić information content (AvgIpc) is 2.42. The standard InChI is InChI=1S/C18H27NO3/c1-14(19-17(21)22-18(2,3)4)16(20)13-9-8-12-15-10-6-5-7-11-15/h5-7,10-11,14H,8-9,12-13H2,1-4H3,(H,19,21)/t14-/m0/s1. The number of unbranched alkanes of at least 4 members (excludes halogenated alkanes) is 1. The van der Waals surface area contributed by atoms with Gasteiger partial charge in [-0.05, 0) is 52.5 Å². The van der Waals surface area contributed by atoms with Crippen LogP contribution in [0, 0.1) is 0 Å². The first-order valence-corrected chi connectivity index (χ1v) is 7.84. The average molecular weight is 305 g/mol. The van der Waals surface area contributed by atoms with E-state index >= 15 is 0 Å². The smallest absolute Gasteiger partial charge is 0.408 e. The molecule has 0 aliphatic rings. The van der Waals surface area contributed by atoms with Crippen molar-refractivity contribution in [3.05, 3.63) is 35.9 Å². The molecule has 4 nitrogen and oxygen atoms in total. The molecule has 0 aliphatic heterocycles. The fourth-order valence-electron chi connectivity index (χ4n) is 2.05. The van der Waals surface area contributed by atoms with Crippen molar-refractivity contribution in [2.75, 3.05) is 0 Å². The molecule has 1 aromatic carbocycles. The van der Waals surface area contributed by atoms with E-state index < -0.39 is 17.7 Å². The zero-order chi connectivity index (χ0) is 16.6. The Morgan fingerprint density at radius 1 is 1.14 bits per heavy atom. The quantitative estimate of drug-likeness (QED) is 0.778. The third-order valence-corrected chi connectivity index (χ3v) is 3.20. The number of aryl methyl sites for hydroxylation is 1. The fourth-order valence-corrected chi connectivity index (χ4v) is 2.05. The van der Waals surface area contributed by atoms with E-state index in [4.69, 9.17) is 4.74 Å². The highest BCUT2D eigenvalue weighted by atomic mass is 16.6. The van der Waals surface area contributed by atoms with Crippen molar-refractivity contribution in [1.29, 1.82) is 0 Å². The van der Waals surface area contributed by atoms with E-state index in [9.17, 15) is 9.59 Å². The van der Waals surface area contributed by atoms with Crippen LogP contribution in [0.4, 0.5) is 4.79 Å². The molecule has 0 spiro atoms. The van der Waals surface area contributed by atoms with Crippen molar-refractivity contribution >= 4 is 11.9 Å². The second-order valence-corrected chi connectivity index (χ2v) is 6.53. The van der Waals surface area contributed by atoms with E-state index in [0.717, 1.165) is 19.3 Å². The molecular formula is C18H27NO3. The Bertz CT molecular complexity index is 477. The Balaban J connectivity index is 2.22. The molecule has 1 N–H and O–H groups in total. The molecule has 1 atom stereocenters. The molecule has 0 aromatic heterocycles. The van der Waals surface area contributed by atoms with Crippen LogP contribution >= 0.6 is 0 Å². The highest BCUT2D eigenvalue weighted by Crippen LogP contribution is 2.09. The number of alkyl carbamates (subject to hydrolysis) is 1. The van der Waals surface area contributed by atoms with Crippen LogP contribution in [0.15, 0.2) is 30.3 Å². The zero-order valence-electron chi connectivity index (χ0n) is 14.0. The Hall–Kier alpha value is -1.84. The first kappa shape index (κ1) is 18.2. The molecule has 0 saturated carbocycles. The number of hydrogen-bond acceptors (Lipinski definition) is 3. The van der Waals surface area contributed by atoms with Gasteiger partial charge >= 0.3 is 6.09 Å². The van der Waals surface area contributed by atoms with Crippen LogP contribution in [0.5, 0.6) is 0 Å². The Labute approximate surface area is 133 Å². The van der Waals surface area contributed by atoms with E-state index in [0.29, 0.717) is 6.42 Å². The summed E-state index contributed by atoms with van der Waals surface area (Å²) in [6.45, 7) is 7.08. The molecule has 0 saturated heterocycles. The van der Waals surface area contributed by atoms with Gasteiger partial charge in [0.25, 0.3) is 0 Å². The molecule has 1 rings (SSSR count). The molecule has 0 unspecified atom stereocenters. The first-order chi connectivity index (χ1) is 10.3. The summed E-state index contributed by atoms with van der Waals surface area (Å²) in [6, 6.07) is 9.72. The number of rotatable bonds is 7. The van der Waals surface area contributed by atoms with Crippen molar-refractivity contribution in [2.45, 2.75) is 65.0 Å². The third kappa shape index (κ3) is 7.81. The zero-order valence-corrected chi connectivity index (χ0v) is 14.0. The second kappa shape index (κ2) is 8.57. The number of ketones is 1. The molecule has 22 heavy (non-hydrogen) atoms. The molecule has 0 fully saturated rings. The van der Waals surface area contributed by atoms with Gasteiger partial charge < -0.3 is 10.1 Å². The first-order valence-electron chi connectivity index (χ1n) is 7.84. The number of carbonyl (C=O) groups excluding carboxylic acids is 2. The highest BCUT2D eigenvalue weighted by molar-refractivity contribution is 5.86. The molecular weight excluding hydrogens is 278 g/mol. The highest BCUT2D eigenvalue weighted by Gasteiger charge is 2.20. The maximum Gasteiger partial charge on any atom is 0.408 e. The number of carbonyl (C=O) groups is 2. The van der Waals surface area contributed by atoms with Gasteiger partial charge in [0.05, 0.1) is 6.04 Å². The summed E-state index contributed by atoms with van der Waals surface area (Å²) in [7, 11) is 0. The molecule has 122 valence electrons. The molecule has 0 aliphatic carbocycles. The van der Waals surface area contributed by atoms with Gasteiger partial charge in [0.1, 0.15) is 5.60 Å². The monoisotopic (exact) mass is 305 g/mol. The topological polar surface area (TPSA) is 55.4 Å². The summed E-state index contributed by atoms with van der Waals surface area (Å²) >= 11 is 0. The van der Waals surface area contributed by atoms with E-state index in [1.54, 1.807) is 27.7 Å². The summed E-state index contributed by atoms with van der Waals surface area (Å²) in [5.74, 6) is 0.0407. The van der Waals surface area contributed by atoms with E-state index in [1.807, 2.05) is 18.2 Å². The Morgan fingerprint density at radius 3 is 2.36 bits per heavy atom. The predicted octanol–water partition coefficient (Wildman–Crippen LogP) is 3.88. The predicted molar refractivity (Wildman–Crippen MR) is 87.8 cm³/mol. The molecule has 0 bridgehead atoms. The van der Waals surface area contributed by atoms with E-state index in [1.165, 1.54) is 5.56 Å². The number of ether oxygens (including phenoxy) is 1. The van der Waals surface area contributed by atoms with E-state index in [2.05, 4.69) is 17.4 Å². The summed E-state index contributed by atoms with van der Waals surface area (Å²) in [4.78, 5) is 23.6. The number of hydrogen-bond donors (Lipinski definition) is 1. The van der Waals surface area contributed by atoms with Gasteiger partial charge in [0.2, 0.25) is 0 Å². The normalized spacial score (nSPS) is 12.5. The van der Waals surface area contributed by atoms with Crippen LogP contribution in [0.3, 0.4) is 0 Å². The minimum Gasteiger partial charge on any atom is -0.444 e. The Kier molecular flexibility index (Phi) is 7.09. The van der Waals surface area contributed by atoms with Crippen molar-refractivity contribution in [1.82, 2.24) is 5.32 Å². The number of amides is 1. The summed E-state index contributed by atoms with van der Waals surface area (Å²) < 4.78 is 5.14. The van der Waals surface area contributed by atoms with Gasteiger partial charge in [0, 0.05) is 6.42 Å². The van der Waals surface area contributed by atoms with Crippen molar-refractivity contribution in [2.24, 2.45) is 0 Å². The summed E-state index contributed by atoms with van der Waals surface area (Å²) in [5, 5.41) is 2.58. The van der Waals surface area contributed by atoms with Crippen LogP contribution < -0.4 is 5.32 Å². The lowest BCUT2D eigenvalue weighted by Gasteiger charge is -2.21. The van der Waals surface area contributed by atoms with Crippen LogP contribution in [-0.2, 0) is 16.0 Å². The van der Waals surface area contributed by atoms with Crippen LogP contribution in [0.2, 0.25) is 0 Å². The Morgan fingerprint density at radius 2 is 1.77 bits per heavy atom. The van der Waals surface area contributed by atoms with Gasteiger partial charge in [-0.3, -0.25) is 4.79 Å². The maximum absolute atomic E-state index is 12.0. The van der Waals surface area contributed by atoms with Gasteiger partial charge in [-0.2, -0.15) is 0 Å².